The molecule has 1 rings (SSSR count). The zero-order valence-corrected chi connectivity index (χ0v) is 12.8. The summed E-state index contributed by atoms with van der Waals surface area (Å²) < 4.78 is 1.24. The minimum Gasteiger partial charge on any atom is -0.314 e. The van der Waals surface area contributed by atoms with Crippen LogP contribution in [-0.2, 0) is 6.42 Å². The molecule has 1 N–H and O–H groups in total. The van der Waals surface area contributed by atoms with Gasteiger partial charge in [0.2, 0.25) is 0 Å². The second-order valence-corrected chi connectivity index (χ2v) is 7.24. The summed E-state index contributed by atoms with van der Waals surface area (Å²) in [6.07, 6.45) is 3.63. The quantitative estimate of drug-likeness (QED) is 0.784. The number of thiophene rings is 1. The molecule has 16 heavy (non-hydrogen) atoms. The van der Waals surface area contributed by atoms with Gasteiger partial charge in [-0.25, -0.2) is 0 Å². The third-order valence-electron chi connectivity index (χ3n) is 2.52. The number of rotatable bonds is 7. The molecule has 0 saturated carbocycles. The molecule has 1 aromatic rings. The van der Waals surface area contributed by atoms with Crippen molar-refractivity contribution >= 4 is 27.3 Å². The van der Waals surface area contributed by atoms with Crippen LogP contribution < -0.4 is 5.32 Å². The SMILES string of the molecule is CCCNC(Cc1ccc(Br)s1)CC(C)C. The Bertz CT molecular complexity index is 296. The highest BCUT2D eigenvalue weighted by molar-refractivity contribution is 9.11. The zero-order chi connectivity index (χ0) is 12.0. The van der Waals surface area contributed by atoms with E-state index in [9.17, 15) is 0 Å². The third-order valence-corrected chi connectivity index (χ3v) is 4.16. The largest absolute Gasteiger partial charge is 0.314 e. The lowest BCUT2D eigenvalue weighted by Gasteiger charge is -2.19. The molecule has 3 heteroatoms. The zero-order valence-electron chi connectivity index (χ0n) is 10.4. The first-order valence-electron chi connectivity index (χ1n) is 6.09. The van der Waals surface area contributed by atoms with Crippen molar-refractivity contribution in [3.63, 3.8) is 0 Å². The van der Waals surface area contributed by atoms with Crippen LogP contribution in [0.2, 0.25) is 0 Å². The van der Waals surface area contributed by atoms with E-state index in [0.717, 1.165) is 18.9 Å². The first-order chi connectivity index (χ1) is 7.61. The summed E-state index contributed by atoms with van der Waals surface area (Å²) in [6.45, 7) is 7.95. The van der Waals surface area contributed by atoms with Crippen LogP contribution in [-0.4, -0.2) is 12.6 Å². The highest BCUT2D eigenvalue weighted by Crippen LogP contribution is 2.24. The van der Waals surface area contributed by atoms with Gasteiger partial charge in [0.25, 0.3) is 0 Å². The van der Waals surface area contributed by atoms with Gasteiger partial charge in [-0.05, 0) is 59.8 Å². The Kier molecular flexibility index (Phi) is 6.62. The van der Waals surface area contributed by atoms with Gasteiger partial charge in [0.1, 0.15) is 0 Å². The van der Waals surface area contributed by atoms with E-state index in [1.54, 1.807) is 0 Å². The van der Waals surface area contributed by atoms with Crippen molar-refractivity contribution in [1.29, 1.82) is 0 Å². The van der Waals surface area contributed by atoms with E-state index < -0.39 is 0 Å². The monoisotopic (exact) mass is 303 g/mol. The predicted molar refractivity (Wildman–Crippen MR) is 77.3 cm³/mol. The van der Waals surface area contributed by atoms with E-state index in [-0.39, 0.29) is 0 Å². The predicted octanol–water partition coefficient (Wildman–Crippen LogP) is 4.47. The van der Waals surface area contributed by atoms with Crippen LogP contribution in [0.15, 0.2) is 15.9 Å². The summed E-state index contributed by atoms with van der Waals surface area (Å²) in [5.74, 6) is 0.762. The number of nitrogens with one attached hydrogen (secondary N) is 1. The molecule has 92 valence electrons. The lowest BCUT2D eigenvalue weighted by molar-refractivity contribution is 0.418. The maximum absolute atomic E-state index is 3.65. The molecule has 0 fully saturated rings. The normalized spacial score (nSPS) is 13.3. The van der Waals surface area contributed by atoms with Crippen molar-refractivity contribution in [3.8, 4) is 0 Å². The molecule has 0 radical (unpaired) electrons. The third kappa shape index (κ3) is 5.46. The van der Waals surface area contributed by atoms with Crippen molar-refractivity contribution in [2.24, 2.45) is 5.92 Å². The smallest absolute Gasteiger partial charge is 0.0701 e. The van der Waals surface area contributed by atoms with Crippen LogP contribution in [0, 0.1) is 5.92 Å². The Labute approximate surface area is 112 Å². The fourth-order valence-corrected chi connectivity index (χ4v) is 3.42. The molecular weight excluding hydrogens is 282 g/mol. The number of hydrogen-bond donors (Lipinski definition) is 1. The maximum Gasteiger partial charge on any atom is 0.0701 e. The molecule has 1 aromatic heterocycles. The van der Waals surface area contributed by atoms with Crippen molar-refractivity contribution in [3.05, 3.63) is 20.8 Å². The van der Waals surface area contributed by atoms with Crippen molar-refractivity contribution in [2.45, 2.75) is 46.1 Å². The van der Waals surface area contributed by atoms with Gasteiger partial charge >= 0.3 is 0 Å². The number of halogens is 1. The van der Waals surface area contributed by atoms with Crippen LogP contribution in [0.3, 0.4) is 0 Å². The van der Waals surface area contributed by atoms with Gasteiger partial charge in [0, 0.05) is 10.9 Å². The molecule has 0 aliphatic rings. The summed E-state index contributed by atoms with van der Waals surface area (Å²) in [4.78, 5) is 1.47. The van der Waals surface area contributed by atoms with Crippen LogP contribution >= 0.6 is 27.3 Å². The number of hydrogen-bond acceptors (Lipinski definition) is 2. The summed E-state index contributed by atoms with van der Waals surface area (Å²) in [5.41, 5.74) is 0. The van der Waals surface area contributed by atoms with Gasteiger partial charge < -0.3 is 5.32 Å². The van der Waals surface area contributed by atoms with Crippen LogP contribution in [0.4, 0.5) is 0 Å². The molecule has 0 bridgehead atoms. The lowest BCUT2D eigenvalue weighted by Crippen LogP contribution is -2.32. The van der Waals surface area contributed by atoms with Gasteiger partial charge in [-0.15, -0.1) is 11.3 Å². The highest BCUT2D eigenvalue weighted by Gasteiger charge is 2.11. The van der Waals surface area contributed by atoms with E-state index >= 15 is 0 Å². The van der Waals surface area contributed by atoms with E-state index in [0.29, 0.717) is 6.04 Å². The van der Waals surface area contributed by atoms with Gasteiger partial charge in [0.15, 0.2) is 0 Å². The minimum atomic E-state index is 0.630. The van der Waals surface area contributed by atoms with E-state index in [1.807, 2.05) is 11.3 Å². The van der Waals surface area contributed by atoms with E-state index in [1.165, 1.54) is 21.5 Å². The van der Waals surface area contributed by atoms with E-state index in [4.69, 9.17) is 0 Å². The molecule has 0 aliphatic heterocycles. The van der Waals surface area contributed by atoms with Gasteiger partial charge in [-0.2, -0.15) is 0 Å². The standard InChI is InChI=1S/C13H22BrNS/c1-4-7-15-11(8-10(2)3)9-12-5-6-13(14)16-12/h5-6,10-11,15H,4,7-9H2,1-3H3. The summed E-state index contributed by atoms with van der Waals surface area (Å²) in [6, 6.07) is 5.01. The molecule has 1 heterocycles. The topological polar surface area (TPSA) is 12.0 Å². The second-order valence-electron chi connectivity index (χ2n) is 4.69. The fraction of sp³-hybridized carbons (Fsp3) is 0.692. The molecule has 0 spiro atoms. The Morgan fingerprint density at radius 1 is 1.38 bits per heavy atom. The van der Waals surface area contributed by atoms with E-state index in [2.05, 4.69) is 54.2 Å². The Morgan fingerprint density at radius 2 is 2.12 bits per heavy atom. The summed E-state index contributed by atoms with van der Waals surface area (Å²) in [7, 11) is 0. The van der Waals surface area contributed by atoms with Crippen molar-refractivity contribution < 1.29 is 0 Å². The second kappa shape index (κ2) is 7.46. The molecule has 0 saturated heterocycles. The van der Waals surface area contributed by atoms with Crippen molar-refractivity contribution in [1.82, 2.24) is 5.32 Å². The summed E-state index contributed by atoms with van der Waals surface area (Å²) >= 11 is 5.38. The average Bonchev–Trinajstić information content (AvgIpc) is 2.59. The first-order valence-corrected chi connectivity index (χ1v) is 7.70. The molecule has 1 atom stereocenters. The fourth-order valence-electron chi connectivity index (χ4n) is 1.86. The first kappa shape index (κ1) is 14.2. The van der Waals surface area contributed by atoms with Crippen molar-refractivity contribution in [2.75, 3.05) is 6.54 Å². The Morgan fingerprint density at radius 3 is 2.62 bits per heavy atom. The molecule has 0 aromatic carbocycles. The lowest BCUT2D eigenvalue weighted by atomic mass is 10.0. The molecule has 1 nitrogen and oxygen atoms in total. The summed E-state index contributed by atoms with van der Waals surface area (Å²) in [5, 5.41) is 3.65. The molecule has 1 unspecified atom stereocenters. The van der Waals surface area contributed by atoms with Crippen LogP contribution in [0.1, 0.15) is 38.5 Å². The Hall–Kier alpha value is 0.140. The van der Waals surface area contributed by atoms with Gasteiger partial charge in [-0.1, -0.05) is 20.8 Å². The maximum atomic E-state index is 3.65. The highest BCUT2D eigenvalue weighted by atomic mass is 79.9. The molecule has 0 aliphatic carbocycles. The van der Waals surface area contributed by atoms with Gasteiger partial charge in [-0.3, -0.25) is 0 Å². The molecule has 0 amide bonds. The van der Waals surface area contributed by atoms with Crippen LogP contribution in [0.5, 0.6) is 0 Å². The Balaban J connectivity index is 2.48. The molecular formula is C13H22BrNS. The van der Waals surface area contributed by atoms with Crippen LogP contribution in [0.25, 0.3) is 0 Å². The minimum absolute atomic E-state index is 0.630. The van der Waals surface area contributed by atoms with Gasteiger partial charge in [0.05, 0.1) is 3.79 Å². The average molecular weight is 304 g/mol.